The highest BCUT2D eigenvalue weighted by atomic mass is 32.1. The number of hydrogen-bond donors (Lipinski definition) is 1. The minimum atomic E-state index is -0.239. The number of rotatable bonds is 5. The van der Waals surface area contributed by atoms with Crippen LogP contribution in [0, 0.1) is 6.92 Å². The van der Waals surface area contributed by atoms with E-state index in [1.165, 1.54) is 23.0 Å². The summed E-state index contributed by atoms with van der Waals surface area (Å²) in [5, 5.41) is 16.0. The zero-order chi connectivity index (χ0) is 16.1. The molecule has 0 atom stereocenters. The molecule has 116 valence electrons. The predicted molar refractivity (Wildman–Crippen MR) is 90.1 cm³/mol. The molecule has 6 nitrogen and oxygen atoms in total. The van der Waals surface area contributed by atoms with E-state index in [1.807, 2.05) is 36.0 Å². The molecule has 0 saturated heterocycles. The third kappa shape index (κ3) is 4.33. The van der Waals surface area contributed by atoms with Gasteiger partial charge in [0.05, 0.1) is 12.7 Å². The summed E-state index contributed by atoms with van der Waals surface area (Å²) < 4.78 is 1.83. The van der Waals surface area contributed by atoms with Crippen molar-refractivity contribution in [3.63, 3.8) is 0 Å². The molecule has 0 fully saturated rings. The minimum Gasteiger partial charge on any atom is -0.297 e. The second-order valence-corrected chi connectivity index (χ2v) is 6.09. The molecule has 0 radical (unpaired) electrons. The van der Waals surface area contributed by atoms with Crippen LogP contribution in [0.1, 0.15) is 16.1 Å². The van der Waals surface area contributed by atoms with Gasteiger partial charge in [0.25, 0.3) is 0 Å². The number of nitrogens with zero attached hydrogens (tertiary/aromatic N) is 4. The number of anilines is 1. The number of nitrogens with one attached hydrogen (secondary N) is 1. The average molecular weight is 325 g/mol. The first kappa shape index (κ1) is 15.1. The summed E-state index contributed by atoms with van der Waals surface area (Å²) in [4.78, 5) is 11.8. The molecular formula is C16H15N5OS. The first-order valence-electron chi connectivity index (χ1n) is 7.04. The Balaban J connectivity index is 1.58. The van der Waals surface area contributed by atoms with Gasteiger partial charge < -0.3 is 0 Å². The van der Waals surface area contributed by atoms with Gasteiger partial charge in [0, 0.05) is 17.8 Å². The molecule has 0 aliphatic rings. The molecule has 0 aliphatic heterocycles. The van der Waals surface area contributed by atoms with Gasteiger partial charge >= 0.3 is 0 Å². The normalized spacial score (nSPS) is 11.0. The first-order chi connectivity index (χ1) is 11.2. The summed E-state index contributed by atoms with van der Waals surface area (Å²) in [6.45, 7) is 2.54. The van der Waals surface area contributed by atoms with Gasteiger partial charge in [0.2, 0.25) is 11.0 Å². The van der Waals surface area contributed by atoms with Gasteiger partial charge in [-0.25, -0.2) is 0 Å². The van der Waals surface area contributed by atoms with E-state index in [-0.39, 0.29) is 5.91 Å². The summed E-state index contributed by atoms with van der Waals surface area (Å²) in [7, 11) is 0. The van der Waals surface area contributed by atoms with Gasteiger partial charge in [-0.05, 0) is 18.6 Å². The monoisotopic (exact) mass is 325 g/mol. The predicted octanol–water partition coefficient (Wildman–Crippen LogP) is 2.74. The Morgan fingerprint density at radius 3 is 2.87 bits per heavy atom. The van der Waals surface area contributed by atoms with E-state index in [2.05, 4.69) is 32.7 Å². The van der Waals surface area contributed by atoms with Crippen LogP contribution in [0.4, 0.5) is 5.13 Å². The maximum absolute atomic E-state index is 11.8. The number of aryl methyl sites for hydroxylation is 1. The van der Waals surface area contributed by atoms with Gasteiger partial charge in [0.15, 0.2) is 0 Å². The summed E-state index contributed by atoms with van der Waals surface area (Å²) in [5.74, 6) is -0.239. The number of benzene rings is 1. The first-order valence-corrected chi connectivity index (χ1v) is 7.86. The van der Waals surface area contributed by atoms with Crippen LogP contribution in [-0.4, -0.2) is 25.9 Å². The highest BCUT2D eigenvalue weighted by molar-refractivity contribution is 7.15. The second-order valence-electron chi connectivity index (χ2n) is 4.91. The van der Waals surface area contributed by atoms with Crippen molar-refractivity contribution in [1.82, 2.24) is 20.0 Å². The Morgan fingerprint density at radius 1 is 1.30 bits per heavy atom. The van der Waals surface area contributed by atoms with Gasteiger partial charge in [-0.1, -0.05) is 41.7 Å². The average Bonchev–Trinajstić information content (AvgIpc) is 3.15. The Labute approximate surface area is 137 Å². The molecule has 0 unspecified atom stereocenters. The highest BCUT2D eigenvalue weighted by Gasteiger charge is 2.03. The topological polar surface area (TPSA) is 72.7 Å². The van der Waals surface area contributed by atoms with Crippen molar-refractivity contribution < 1.29 is 4.79 Å². The van der Waals surface area contributed by atoms with Crippen LogP contribution in [0.15, 0.2) is 48.8 Å². The van der Waals surface area contributed by atoms with E-state index in [4.69, 9.17) is 0 Å². The fourth-order valence-electron chi connectivity index (χ4n) is 1.99. The van der Waals surface area contributed by atoms with E-state index < -0.39 is 0 Å². The molecule has 0 saturated carbocycles. The van der Waals surface area contributed by atoms with Crippen LogP contribution in [0.2, 0.25) is 0 Å². The third-order valence-corrected chi connectivity index (χ3v) is 3.78. The van der Waals surface area contributed by atoms with Crippen LogP contribution in [0.25, 0.3) is 6.08 Å². The van der Waals surface area contributed by atoms with Crippen molar-refractivity contribution in [3.8, 4) is 0 Å². The largest absolute Gasteiger partial charge is 0.297 e. The van der Waals surface area contributed by atoms with Crippen molar-refractivity contribution >= 4 is 28.5 Å². The number of hydrogen-bond acceptors (Lipinski definition) is 5. The van der Waals surface area contributed by atoms with Crippen LogP contribution >= 0.6 is 11.3 Å². The maximum atomic E-state index is 11.8. The van der Waals surface area contributed by atoms with Crippen LogP contribution in [0.5, 0.6) is 0 Å². The minimum absolute atomic E-state index is 0.239. The zero-order valence-corrected chi connectivity index (χ0v) is 13.3. The SMILES string of the molecule is Cc1nnc(NC(=O)/C=C/c2cnn(Cc3ccccc3)c2)s1. The molecule has 0 spiro atoms. The third-order valence-electron chi connectivity index (χ3n) is 3.02. The summed E-state index contributed by atoms with van der Waals surface area (Å²) >= 11 is 1.34. The lowest BCUT2D eigenvalue weighted by Crippen LogP contribution is -2.07. The highest BCUT2D eigenvalue weighted by Crippen LogP contribution is 2.13. The zero-order valence-electron chi connectivity index (χ0n) is 12.5. The van der Waals surface area contributed by atoms with Gasteiger partial charge in [-0.2, -0.15) is 5.10 Å². The summed E-state index contributed by atoms with van der Waals surface area (Å²) in [5.41, 5.74) is 2.04. The Bertz CT molecular complexity index is 822. The number of amides is 1. The summed E-state index contributed by atoms with van der Waals surface area (Å²) in [6, 6.07) is 10.1. The van der Waals surface area contributed by atoms with Gasteiger partial charge in [-0.3, -0.25) is 14.8 Å². The van der Waals surface area contributed by atoms with E-state index in [0.29, 0.717) is 11.7 Å². The standard InChI is InChI=1S/C16H15N5OS/c1-12-19-20-16(23-12)18-15(22)8-7-14-9-17-21(11-14)10-13-5-3-2-4-6-13/h2-9,11H,10H2,1H3,(H,18,20,22)/b8-7+. The van der Waals surface area contributed by atoms with E-state index in [0.717, 1.165) is 10.6 Å². The molecule has 3 rings (SSSR count). The Morgan fingerprint density at radius 2 is 2.13 bits per heavy atom. The fraction of sp³-hybridized carbons (Fsp3) is 0.125. The Hall–Kier alpha value is -2.80. The molecule has 3 aromatic rings. The fourth-order valence-corrected chi connectivity index (χ4v) is 2.58. The van der Waals surface area contributed by atoms with Crippen LogP contribution in [0.3, 0.4) is 0 Å². The molecule has 1 amide bonds. The lowest BCUT2D eigenvalue weighted by molar-refractivity contribution is -0.111. The van der Waals surface area contributed by atoms with Crippen molar-refractivity contribution in [2.75, 3.05) is 5.32 Å². The number of carbonyl (C=O) groups excluding carboxylic acids is 1. The molecule has 0 bridgehead atoms. The Kier molecular flexibility index (Phi) is 4.58. The van der Waals surface area contributed by atoms with E-state index >= 15 is 0 Å². The molecule has 7 heteroatoms. The summed E-state index contributed by atoms with van der Waals surface area (Å²) in [6.07, 6.45) is 6.80. The van der Waals surface area contributed by atoms with Crippen molar-refractivity contribution in [1.29, 1.82) is 0 Å². The molecule has 0 aliphatic carbocycles. The van der Waals surface area contributed by atoms with Gasteiger partial charge in [-0.15, -0.1) is 10.2 Å². The maximum Gasteiger partial charge on any atom is 0.250 e. The molecule has 23 heavy (non-hydrogen) atoms. The van der Waals surface area contributed by atoms with Crippen molar-refractivity contribution in [2.45, 2.75) is 13.5 Å². The molecular weight excluding hydrogens is 310 g/mol. The molecule has 1 aromatic carbocycles. The molecule has 1 N–H and O–H groups in total. The lowest BCUT2D eigenvalue weighted by Gasteiger charge is -2.00. The molecule has 2 aromatic heterocycles. The quantitative estimate of drug-likeness (QED) is 0.732. The van der Waals surface area contributed by atoms with Crippen molar-refractivity contribution in [3.05, 3.63) is 64.9 Å². The van der Waals surface area contributed by atoms with Crippen molar-refractivity contribution in [2.24, 2.45) is 0 Å². The van der Waals surface area contributed by atoms with E-state index in [9.17, 15) is 4.79 Å². The lowest BCUT2D eigenvalue weighted by atomic mass is 10.2. The van der Waals surface area contributed by atoms with Gasteiger partial charge in [0.1, 0.15) is 5.01 Å². The number of carbonyl (C=O) groups is 1. The van der Waals surface area contributed by atoms with Crippen LogP contribution < -0.4 is 5.32 Å². The number of aromatic nitrogens is 4. The van der Waals surface area contributed by atoms with Crippen LogP contribution in [-0.2, 0) is 11.3 Å². The smallest absolute Gasteiger partial charge is 0.250 e. The van der Waals surface area contributed by atoms with E-state index in [1.54, 1.807) is 12.3 Å². The second kappa shape index (κ2) is 6.97. The molecule has 2 heterocycles.